The summed E-state index contributed by atoms with van der Waals surface area (Å²) in [5.41, 5.74) is 0.636. The Morgan fingerprint density at radius 2 is 1.35 bits per heavy atom. The minimum Gasteiger partial charge on any atom is -0.463 e. The normalized spacial score (nSPS) is 11.4. The van der Waals surface area contributed by atoms with Crippen molar-refractivity contribution in [1.29, 1.82) is 0 Å². The summed E-state index contributed by atoms with van der Waals surface area (Å²) in [7, 11) is 0. The summed E-state index contributed by atoms with van der Waals surface area (Å²) in [6.07, 6.45) is 15.4. The average molecular weight is 437 g/mol. The molecular formula is C27H48O4. The lowest BCUT2D eigenvalue weighted by Gasteiger charge is -2.25. The highest BCUT2D eigenvalue weighted by molar-refractivity contribution is 5.87. The zero-order valence-electron chi connectivity index (χ0n) is 20.8. The Bertz CT molecular complexity index is 519. The van der Waals surface area contributed by atoms with Gasteiger partial charge in [0.15, 0.2) is 0 Å². The predicted molar refractivity (Wildman–Crippen MR) is 130 cm³/mol. The Morgan fingerprint density at radius 3 is 1.94 bits per heavy atom. The van der Waals surface area contributed by atoms with Gasteiger partial charge in [0.1, 0.15) is 0 Å². The number of carbonyl (C=O) groups is 2. The molecule has 0 unspecified atom stereocenters. The minimum atomic E-state index is -0.349. The molecule has 0 fully saturated rings. The van der Waals surface area contributed by atoms with E-state index in [4.69, 9.17) is 9.47 Å². The van der Waals surface area contributed by atoms with Gasteiger partial charge in [-0.15, -0.1) is 0 Å². The van der Waals surface area contributed by atoms with Crippen molar-refractivity contribution in [3.8, 4) is 0 Å². The fraction of sp³-hybridized carbons (Fsp3) is 0.778. The first-order chi connectivity index (χ1) is 14.7. The van der Waals surface area contributed by atoms with Crippen molar-refractivity contribution < 1.29 is 19.1 Å². The van der Waals surface area contributed by atoms with Gasteiger partial charge in [-0.1, -0.05) is 98.6 Å². The van der Waals surface area contributed by atoms with Crippen molar-refractivity contribution in [3.63, 3.8) is 0 Å². The lowest BCUT2D eigenvalue weighted by Crippen LogP contribution is -2.17. The molecule has 0 spiro atoms. The second-order valence-corrected chi connectivity index (χ2v) is 9.92. The van der Waals surface area contributed by atoms with Crippen LogP contribution in [-0.2, 0) is 19.1 Å². The van der Waals surface area contributed by atoms with Gasteiger partial charge in [0.25, 0.3) is 0 Å². The first kappa shape index (κ1) is 29.4. The summed E-state index contributed by atoms with van der Waals surface area (Å²) < 4.78 is 10.4. The number of hydrogen-bond acceptors (Lipinski definition) is 4. The lowest BCUT2D eigenvalue weighted by molar-refractivity contribution is -0.139. The van der Waals surface area contributed by atoms with Gasteiger partial charge in [-0.3, -0.25) is 0 Å². The van der Waals surface area contributed by atoms with Crippen LogP contribution in [0.1, 0.15) is 111 Å². The first-order valence-corrected chi connectivity index (χ1v) is 12.3. The second kappa shape index (κ2) is 18.0. The molecule has 0 bridgehead atoms. The van der Waals surface area contributed by atoms with E-state index in [9.17, 15) is 9.59 Å². The van der Waals surface area contributed by atoms with E-state index in [1.54, 1.807) is 0 Å². The Labute approximate surface area is 191 Å². The van der Waals surface area contributed by atoms with Crippen LogP contribution in [0.2, 0.25) is 0 Å². The number of unbranched alkanes of at least 4 members (excludes halogenated alkanes) is 8. The van der Waals surface area contributed by atoms with Crippen LogP contribution >= 0.6 is 0 Å². The molecule has 0 aliphatic carbocycles. The van der Waals surface area contributed by atoms with Crippen LogP contribution in [0, 0.1) is 11.3 Å². The van der Waals surface area contributed by atoms with Crippen LogP contribution in [0.3, 0.4) is 0 Å². The number of ether oxygens (including phenoxy) is 2. The van der Waals surface area contributed by atoms with E-state index in [-0.39, 0.29) is 17.4 Å². The fourth-order valence-corrected chi connectivity index (χ4v) is 3.66. The van der Waals surface area contributed by atoms with E-state index in [1.807, 2.05) is 0 Å². The van der Waals surface area contributed by atoms with E-state index in [2.05, 4.69) is 40.9 Å². The standard InChI is InChI=1S/C27H48O4/c1-7-25(28)30-20-16-13-9-11-15-19-27(5,6)22-24(4)26(29)31-21-17-12-8-10-14-18-23(2)3/h7,23H,1,4,8-22H2,2-3,5-6H3. The first-order valence-electron chi connectivity index (χ1n) is 12.3. The third-order valence-corrected chi connectivity index (χ3v) is 5.55. The van der Waals surface area contributed by atoms with Gasteiger partial charge in [-0.2, -0.15) is 0 Å². The smallest absolute Gasteiger partial charge is 0.333 e. The molecule has 0 amide bonds. The third kappa shape index (κ3) is 18.9. The molecule has 0 aliphatic rings. The molecule has 0 aromatic heterocycles. The molecule has 0 N–H and O–H groups in total. The molecule has 0 aliphatic heterocycles. The van der Waals surface area contributed by atoms with Gasteiger partial charge in [0, 0.05) is 11.6 Å². The van der Waals surface area contributed by atoms with Crippen LogP contribution in [0.15, 0.2) is 24.8 Å². The van der Waals surface area contributed by atoms with Crippen LogP contribution in [-0.4, -0.2) is 25.2 Å². The third-order valence-electron chi connectivity index (χ3n) is 5.55. The Hall–Kier alpha value is -1.58. The highest BCUT2D eigenvalue weighted by atomic mass is 16.5. The van der Waals surface area contributed by atoms with Crippen molar-refractivity contribution >= 4 is 11.9 Å². The highest BCUT2D eigenvalue weighted by Gasteiger charge is 2.22. The van der Waals surface area contributed by atoms with E-state index in [0.717, 1.165) is 57.3 Å². The summed E-state index contributed by atoms with van der Waals surface area (Å²) in [5, 5.41) is 0. The molecule has 0 atom stereocenters. The molecule has 0 saturated carbocycles. The maximum Gasteiger partial charge on any atom is 0.333 e. The second-order valence-electron chi connectivity index (χ2n) is 9.92. The zero-order valence-corrected chi connectivity index (χ0v) is 20.8. The Kier molecular flexibility index (Phi) is 17.1. The molecule has 0 aromatic rings. The molecule has 31 heavy (non-hydrogen) atoms. The summed E-state index contributed by atoms with van der Waals surface area (Å²) in [6, 6.07) is 0. The van der Waals surface area contributed by atoms with Gasteiger partial charge in [0.05, 0.1) is 13.2 Å². The SMILES string of the molecule is C=CC(=O)OCCCCCCCC(C)(C)CC(=C)C(=O)OCCCCCCCC(C)C. The van der Waals surface area contributed by atoms with Gasteiger partial charge in [-0.05, 0) is 37.0 Å². The topological polar surface area (TPSA) is 52.6 Å². The fourth-order valence-electron chi connectivity index (χ4n) is 3.66. The molecular weight excluding hydrogens is 388 g/mol. The molecule has 0 aromatic carbocycles. The van der Waals surface area contributed by atoms with Crippen molar-refractivity contribution in [3.05, 3.63) is 24.8 Å². The highest BCUT2D eigenvalue weighted by Crippen LogP contribution is 2.31. The van der Waals surface area contributed by atoms with Crippen molar-refractivity contribution in [2.45, 2.75) is 111 Å². The number of esters is 2. The molecule has 4 heteroatoms. The van der Waals surface area contributed by atoms with Crippen molar-refractivity contribution in [1.82, 2.24) is 0 Å². The quantitative estimate of drug-likeness (QED) is 0.112. The number of rotatable bonds is 20. The van der Waals surface area contributed by atoms with E-state index >= 15 is 0 Å². The van der Waals surface area contributed by atoms with Crippen LogP contribution < -0.4 is 0 Å². The Balaban J connectivity index is 3.76. The molecule has 0 heterocycles. The molecule has 0 radical (unpaired) electrons. The van der Waals surface area contributed by atoms with Crippen LogP contribution in [0.5, 0.6) is 0 Å². The number of hydrogen-bond donors (Lipinski definition) is 0. The Morgan fingerprint density at radius 1 is 0.839 bits per heavy atom. The zero-order chi connectivity index (χ0) is 23.5. The average Bonchev–Trinajstić information content (AvgIpc) is 2.70. The minimum absolute atomic E-state index is 0.0476. The summed E-state index contributed by atoms with van der Waals surface area (Å²) in [5.74, 6) is 0.205. The number of carbonyl (C=O) groups excluding carboxylic acids is 2. The lowest BCUT2D eigenvalue weighted by atomic mass is 9.81. The predicted octanol–water partition coefficient (Wildman–Crippen LogP) is 7.57. The summed E-state index contributed by atoms with van der Waals surface area (Å²) in [6.45, 7) is 17.2. The van der Waals surface area contributed by atoms with Gasteiger partial charge in [0.2, 0.25) is 0 Å². The van der Waals surface area contributed by atoms with Crippen molar-refractivity contribution in [2.75, 3.05) is 13.2 Å². The summed E-state index contributed by atoms with van der Waals surface area (Å²) >= 11 is 0. The van der Waals surface area contributed by atoms with Crippen LogP contribution in [0.4, 0.5) is 0 Å². The molecule has 180 valence electrons. The van der Waals surface area contributed by atoms with Gasteiger partial charge in [-0.25, -0.2) is 9.59 Å². The molecule has 0 rings (SSSR count). The van der Waals surface area contributed by atoms with Gasteiger partial charge >= 0.3 is 11.9 Å². The van der Waals surface area contributed by atoms with E-state index in [0.29, 0.717) is 25.2 Å². The maximum atomic E-state index is 12.2. The summed E-state index contributed by atoms with van der Waals surface area (Å²) in [4.78, 5) is 23.2. The van der Waals surface area contributed by atoms with Crippen LogP contribution in [0.25, 0.3) is 0 Å². The molecule has 0 saturated heterocycles. The largest absolute Gasteiger partial charge is 0.463 e. The van der Waals surface area contributed by atoms with Crippen molar-refractivity contribution in [2.24, 2.45) is 11.3 Å². The maximum absolute atomic E-state index is 12.2. The molecule has 4 nitrogen and oxygen atoms in total. The monoisotopic (exact) mass is 436 g/mol. The van der Waals surface area contributed by atoms with E-state index in [1.165, 1.54) is 31.8 Å². The van der Waals surface area contributed by atoms with Gasteiger partial charge < -0.3 is 9.47 Å². The van der Waals surface area contributed by atoms with E-state index < -0.39 is 0 Å².